The summed E-state index contributed by atoms with van der Waals surface area (Å²) in [4.78, 5) is 123. The summed E-state index contributed by atoms with van der Waals surface area (Å²) in [5.74, 6) is -7.53. The van der Waals surface area contributed by atoms with Gasteiger partial charge in [0.2, 0.25) is 0 Å². The van der Waals surface area contributed by atoms with Crippen molar-refractivity contribution in [2.45, 2.75) is 206 Å². The Labute approximate surface area is 518 Å². The van der Waals surface area contributed by atoms with E-state index in [9.17, 15) is 28.8 Å². The van der Waals surface area contributed by atoms with Gasteiger partial charge in [-0.1, -0.05) is 104 Å². The molecule has 4 aromatic rings. The highest BCUT2D eigenvalue weighted by Crippen LogP contribution is 2.43. The lowest BCUT2D eigenvalue weighted by molar-refractivity contribution is -0.176. The number of hydrogen-bond donors (Lipinski definition) is 2. The maximum Gasteiger partial charge on any atom is 0.329 e. The van der Waals surface area contributed by atoms with Crippen LogP contribution in [-0.4, -0.2) is 163 Å². The SMILES string of the molecule is CC(C)C[C@H]1C(=O)O[C@H](Cc2ccc(Cn3nccc3C3(N)CC3)cc2)C(=O)N(C)[C@@H](CC(C)C)C(=O)O[C@H](C)C(=O)N(C)[C@@H](CC(C)C)C(=O)O[C@H](Cc2ccc(Cn3nccc3C3(N)CC3)cc2)C(=O)N(C)[C@@H](CC(C)C)C(=O)O[C@H](C)C(=O)N1C. The largest absolute Gasteiger partial charge is 0.451 e. The Morgan fingerprint density at radius 3 is 0.955 bits per heavy atom. The maximum absolute atomic E-state index is 15.1. The van der Waals surface area contributed by atoms with Gasteiger partial charge in [0.05, 0.1) is 35.6 Å². The van der Waals surface area contributed by atoms with Crippen LogP contribution in [0.25, 0.3) is 0 Å². The van der Waals surface area contributed by atoms with Gasteiger partial charge in [-0.25, -0.2) is 19.2 Å². The number of nitrogens with two attached hydrogens (primary N) is 2. The standard InChI is InChI=1S/C66H94N10O12/c1-39(2)31-49-61(81)85-43(9)57(77)71(11)52(34-42(7)8)64(84)88-54(36-46-17-21-48(22-18-46)38-76-56(24-30-70-76)66(68)27-28-66)60(80)74(14)50(32-40(3)4)62(82)86-44(10)58(78)72(12)51(33-41(5)6)63(83)87-53(59(79)73(49)13)35-45-15-19-47(20-16-45)37-75-55(23-29-69-75)65(67)25-26-65/h15-24,29-30,39-44,49-54H,25-28,31-38,67-68H2,1-14H3/t43-,44-,49+,50+,51+,52+,53-,54-/m1/s1. The molecule has 0 bridgehead atoms. The molecule has 3 aliphatic rings. The number of aromatic nitrogens is 4. The van der Waals surface area contributed by atoms with Crippen LogP contribution in [0.5, 0.6) is 0 Å². The van der Waals surface area contributed by atoms with Crippen LogP contribution in [-0.2, 0) is 94.3 Å². The molecule has 0 radical (unpaired) electrons. The number of rotatable bonds is 18. The number of hydrogen-bond acceptors (Lipinski definition) is 16. The summed E-state index contributed by atoms with van der Waals surface area (Å²) >= 11 is 0. The lowest BCUT2D eigenvalue weighted by Gasteiger charge is -2.35. The Kier molecular flexibility index (Phi) is 22.3. The molecule has 88 heavy (non-hydrogen) atoms. The van der Waals surface area contributed by atoms with Crippen molar-refractivity contribution >= 4 is 47.5 Å². The molecule has 2 aliphatic carbocycles. The molecular formula is C66H94N10O12. The van der Waals surface area contributed by atoms with Crippen molar-refractivity contribution in [1.29, 1.82) is 0 Å². The lowest BCUT2D eigenvalue weighted by Crippen LogP contribution is -2.55. The molecular weight excluding hydrogens is 1120 g/mol. The molecule has 1 aliphatic heterocycles. The fraction of sp³-hybridized carbons (Fsp3) is 0.606. The van der Waals surface area contributed by atoms with Crippen LogP contribution in [0.1, 0.15) is 154 Å². The van der Waals surface area contributed by atoms with Crippen molar-refractivity contribution in [1.82, 2.24) is 39.2 Å². The van der Waals surface area contributed by atoms with Gasteiger partial charge in [-0.2, -0.15) is 10.2 Å². The molecule has 2 aromatic carbocycles. The zero-order valence-electron chi connectivity index (χ0n) is 54.0. The van der Waals surface area contributed by atoms with Crippen LogP contribution in [0.4, 0.5) is 0 Å². The van der Waals surface area contributed by atoms with E-state index in [-0.39, 0.29) is 62.2 Å². The molecule has 480 valence electrons. The second kappa shape index (κ2) is 28.8. The van der Waals surface area contributed by atoms with Crippen LogP contribution in [0.15, 0.2) is 73.1 Å². The monoisotopic (exact) mass is 1220 g/mol. The predicted molar refractivity (Wildman–Crippen MR) is 328 cm³/mol. The molecule has 2 saturated carbocycles. The smallest absolute Gasteiger partial charge is 0.329 e. The van der Waals surface area contributed by atoms with Crippen LogP contribution >= 0.6 is 0 Å². The summed E-state index contributed by atoms with van der Waals surface area (Å²) in [7, 11) is 5.58. The van der Waals surface area contributed by atoms with Gasteiger partial charge in [0.15, 0.2) is 24.4 Å². The first-order valence-electron chi connectivity index (χ1n) is 31.1. The van der Waals surface area contributed by atoms with Crippen molar-refractivity contribution in [2.24, 2.45) is 35.1 Å². The highest BCUT2D eigenvalue weighted by molar-refractivity contribution is 5.94. The Hall–Kier alpha value is -7.46. The molecule has 22 nitrogen and oxygen atoms in total. The Bertz CT molecular complexity index is 2890. The molecule has 4 amide bonds. The number of amides is 4. The number of ether oxygens (including phenoxy) is 4. The van der Waals surface area contributed by atoms with E-state index in [2.05, 4.69) is 10.2 Å². The van der Waals surface area contributed by atoms with Gasteiger partial charge in [-0.05, 0) is 123 Å². The molecule has 7 rings (SSSR count). The molecule has 3 fully saturated rings. The average Bonchev–Trinajstić information content (AvgIpc) is 3.78. The lowest BCUT2D eigenvalue weighted by atomic mass is 9.99. The third-order valence-electron chi connectivity index (χ3n) is 17.1. The van der Waals surface area contributed by atoms with Gasteiger partial charge in [-0.15, -0.1) is 0 Å². The second-order valence-electron chi connectivity index (χ2n) is 26.5. The predicted octanol–water partition coefficient (Wildman–Crippen LogP) is 6.05. The second-order valence-corrected chi connectivity index (χ2v) is 26.5. The van der Waals surface area contributed by atoms with E-state index in [0.29, 0.717) is 24.2 Å². The van der Waals surface area contributed by atoms with Gasteiger partial charge in [0.25, 0.3) is 23.6 Å². The minimum absolute atomic E-state index is 0.0730. The summed E-state index contributed by atoms with van der Waals surface area (Å²) in [6.45, 7) is 18.4. The maximum atomic E-state index is 15.1. The van der Waals surface area contributed by atoms with Crippen LogP contribution in [0.3, 0.4) is 0 Å². The number of benzene rings is 2. The fourth-order valence-corrected chi connectivity index (χ4v) is 11.4. The summed E-state index contributed by atoms with van der Waals surface area (Å²) in [5.41, 5.74) is 17.1. The van der Waals surface area contributed by atoms with E-state index in [0.717, 1.165) is 67.8 Å². The van der Waals surface area contributed by atoms with Crippen molar-refractivity contribution in [3.05, 3.63) is 107 Å². The van der Waals surface area contributed by atoms with Crippen LogP contribution in [0, 0.1) is 23.7 Å². The van der Waals surface area contributed by atoms with Crippen LogP contribution in [0.2, 0.25) is 0 Å². The van der Waals surface area contributed by atoms with E-state index in [1.165, 1.54) is 42.0 Å². The third-order valence-corrected chi connectivity index (χ3v) is 17.1. The highest BCUT2D eigenvalue weighted by Gasteiger charge is 2.46. The zero-order chi connectivity index (χ0) is 64.7. The first-order chi connectivity index (χ1) is 41.4. The Balaban J connectivity index is 1.24. The molecule has 3 heterocycles. The summed E-state index contributed by atoms with van der Waals surface area (Å²) in [6.07, 6.45) is 0.786. The molecule has 0 spiro atoms. The highest BCUT2D eigenvalue weighted by atomic mass is 16.6. The van der Waals surface area contributed by atoms with Gasteiger partial charge in [0.1, 0.15) is 24.2 Å². The molecule has 22 heteroatoms. The first-order valence-corrected chi connectivity index (χ1v) is 31.1. The van der Waals surface area contributed by atoms with Gasteiger partial charge < -0.3 is 50.0 Å². The van der Waals surface area contributed by atoms with E-state index >= 15 is 9.59 Å². The van der Waals surface area contributed by atoms with Gasteiger partial charge >= 0.3 is 23.9 Å². The Morgan fingerprint density at radius 2 is 0.682 bits per heavy atom. The molecule has 8 atom stereocenters. The minimum Gasteiger partial charge on any atom is -0.451 e. The van der Waals surface area contributed by atoms with Crippen molar-refractivity contribution in [2.75, 3.05) is 28.2 Å². The third kappa shape index (κ3) is 17.0. The number of carbonyl (C=O) groups is 8. The normalized spacial score (nSPS) is 24.7. The Morgan fingerprint density at radius 1 is 0.420 bits per heavy atom. The molecule has 0 unspecified atom stereocenters. The quantitative estimate of drug-likeness (QED) is 0.0847. The number of cyclic esters (lactones) is 4. The zero-order valence-corrected chi connectivity index (χ0v) is 54.0. The number of carbonyl (C=O) groups excluding carboxylic acids is 8. The van der Waals surface area contributed by atoms with Crippen molar-refractivity contribution in [3.8, 4) is 0 Å². The first kappa shape index (κ1) is 68.0. The van der Waals surface area contributed by atoms with Crippen molar-refractivity contribution < 1.29 is 57.3 Å². The van der Waals surface area contributed by atoms with E-state index in [4.69, 9.17) is 30.4 Å². The van der Waals surface area contributed by atoms with E-state index in [1.807, 2.05) is 125 Å². The van der Waals surface area contributed by atoms with Crippen molar-refractivity contribution in [3.63, 3.8) is 0 Å². The summed E-state index contributed by atoms with van der Waals surface area (Å²) in [5, 5.41) is 9.02. The van der Waals surface area contributed by atoms with Gasteiger partial charge in [0, 0.05) is 53.4 Å². The van der Waals surface area contributed by atoms with Crippen LogP contribution < -0.4 is 11.5 Å². The fourth-order valence-electron chi connectivity index (χ4n) is 11.4. The number of nitrogens with zero attached hydrogens (tertiary/aromatic N) is 8. The summed E-state index contributed by atoms with van der Waals surface area (Å²) < 4.78 is 28.1. The number of likely N-dealkylation sites (N-methyl/N-ethyl adjacent to an activating group) is 4. The topological polar surface area (TPSA) is 274 Å². The average molecular weight is 1220 g/mol. The van der Waals surface area contributed by atoms with E-state index < -0.39 is 107 Å². The molecule has 2 aromatic heterocycles. The summed E-state index contributed by atoms with van der Waals surface area (Å²) in [6, 6.07) is 13.4. The minimum atomic E-state index is -1.55. The van der Waals surface area contributed by atoms with Gasteiger partial charge in [-0.3, -0.25) is 28.5 Å². The molecule has 4 N–H and O–H groups in total. The van der Waals surface area contributed by atoms with E-state index in [1.54, 1.807) is 12.4 Å². The number of esters is 4. The molecule has 1 saturated heterocycles.